The van der Waals surface area contributed by atoms with Crippen molar-refractivity contribution in [3.63, 3.8) is 0 Å². The highest BCUT2D eigenvalue weighted by Gasteiger charge is 2.24. The summed E-state index contributed by atoms with van der Waals surface area (Å²) in [5.74, 6) is 1.53. The van der Waals surface area contributed by atoms with Gasteiger partial charge in [0.2, 0.25) is 16.0 Å². The summed E-state index contributed by atoms with van der Waals surface area (Å²) in [4.78, 5) is 17.0. The van der Waals surface area contributed by atoms with Crippen molar-refractivity contribution in [1.29, 1.82) is 0 Å². The molecule has 1 aromatic carbocycles. The van der Waals surface area contributed by atoms with Gasteiger partial charge in [-0.25, -0.2) is 28.1 Å². The molecule has 0 bridgehead atoms. The van der Waals surface area contributed by atoms with E-state index in [1.165, 1.54) is 0 Å². The Morgan fingerprint density at radius 3 is 2.47 bits per heavy atom. The quantitative estimate of drug-likeness (QED) is 0.529. The second-order valence-corrected chi connectivity index (χ2v) is 9.62. The Labute approximate surface area is 176 Å². The normalized spacial score (nSPS) is 14.7. The minimum absolute atomic E-state index is 0.0609. The highest BCUT2D eigenvalue weighted by atomic mass is 32.2. The van der Waals surface area contributed by atoms with Crippen LogP contribution in [0.2, 0.25) is 0 Å². The lowest BCUT2D eigenvalue weighted by molar-refractivity contribution is 0.383. The van der Waals surface area contributed by atoms with Crippen LogP contribution in [0.4, 0.5) is 11.6 Å². The predicted molar refractivity (Wildman–Crippen MR) is 116 cm³/mol. The van der Waals surface area contributed by atoms with Crippen molar-refractivity contribution in [1.82, 2.24) is 24.7 Å². The molecule has 0 spiro atoms. The first-order valence-electron chi connectivity index (χ1n) is 10.1. The van der Waals surface area contributed by atoms with Crippen LogP contribution in [0.5, 0.6) is 0 Å². The van der Waals surface area contributed by atoms with Gasteiger partial charge in [-0.2, -0.15) is 0 Å². The van der Waals surface area contributed by atoms with E-state index in [1.807, 2.05) is 13.0 Å². The molecular formula is C21H26N6O2S. The molecule has 3 aromatic rings. The van der Waals surface area contributed by atoms with E-state index in [4.69, 9.17) is 0 Å². The lowest BCUT2D eigenvalue weighted by Gasteiger charge is -2.26. The van der Waals surface area contributed by atoms with Crippen LogP contribution in [-0.2, 0) is 10.0 Å². The van der Waals surface area contributed by atoms with E-state index >= 15 is 0 Å². The van der Waals surface area contributed by atoms with Crippen molar-refractivity contribution in [2.24, 2.45) is 0 Å². The number of benzene rings is 1. The number of rotatable bonds is 7. The first-order valence-corrected chi connectivity index (χ1v) is 11.6. The van der Waals surface area contributed by atoms with Gasteiger partial charge in [0, 0.05) is 17.9 Å². The molecule has 0 amide bonds. The zero-order valence-electron chi connectivity index (χ0n) is 17.3. The molecule has 9 heteroatoms. The minimum atomic E-state index is -3.48. The molecule has 0 radical (unpaired) electrons. The minimum Gasteiger partial charge on any atom is -0.341 e. The fourth-order valence-electron chi connectivity index (χ4n) is 3.34. The van der Waals surface area contributed by atoms with Gasteiger partial charge in [-0.3, -0.25) is 0 Å². The van der Waals surface area contributed by atoms with Crippen molar-refractivity contribution in [3.05, 3.63) is 48.0 Å². The molecule has 1 aliphatic carbocycles. The van der Waals surface area contributed by atoms with Gasteiger partial charge in [0.05, 0.1) is 22.0 Å². The number of imidazole rings is 1. The molecule has 0 unspecified atom stereocenters. The van der Waals surface area contributed by atoms with Crippen LogP contribution in [-0.4, -0.2) is 34.4 Å². The Morgan fingerprint density at radius 1 is 1.10 bits per heavy atom. The number of hydrogen-bond acceptors (Lipinski definition) is 6. The van der Waals surface area contributed by atoms with Crippen molar-refractivity contribution in [3.8, 4) is 11.4 Å². The van der Waals surface area contributed by atoms with Crippen LogP contribution in [0, 0.1) is 6.92 Å². The van der Waals surface area contributed by atoms with Gasteiger partial charge in [0.15, 0.2) is 0 Å². The largest absolute Gasteiger partial charge is 0.341 e. The summed E-state index contributed by atoms with van der Waals surface area (Å²) >= 11 is 0. The van der Waals surface area contributed by atoms with Gasteiger partial charge < -0.3 is 10.3 Å². The van der Waals surface area contributed by atoms with Crippen molar-refractivity contribution in [2.45, 2.75) is 56.9 Å². The summed E-state index contributed by atoms with van der Waals surface area (Å²) in [6, 6.07) is 8.50. The second kappa shape index (κ2) is 8.16. The van der Waals surface area contributed by atoms with Crippen molar-refractivity contribution >= 4 is 21.7 Å². The summed E-state index contributed by atoms with van der Waals surface area (Å²) in [5.41, 5.74) is 3.31. The molecule has 1 aliphatic rings. The molecule has 1 fully saturated rings. The Hall–Kier alpha value is -2.78. The third kappa shape index (κ3) is 4.36. The first kappa shape index (κ1) is 20.5. The van der Waals surface area contributed by atoms with E-state index in [2.05, 4.69) is 43.8 Å². The highest BCUT2D eigenvalue weighted by Crippen LogP contribution is 2.27. The number of aromatic amines is 1. The fourth-order valence-corrected chi connectivity index (χ4v) is 4.65. The molecule has 3 N–H and O–H groups in total. The maximum atomic E-state index is 12.4. The van der Waals surface area contributed by atoms with E-state index in [9.17, 15) is 8.42 Å². The molecule has 4 rings (SSSR count). The number of nitrogens with zero attached hydrogens (tertiary/aromatic N) is 3. The van der Waals surface area contributed by atoms with Crippen molar-refractivity contribution < 1.29 is 8.42 Å². The molecule has 2 aromatic heterocycles. The molecule has 30 heavy (non-hydrogen) atoms. The Bertz CT molecular complexity index is 1130. The third-order valence-corrected chi connectivity index (χ3v) is 6.69. The predicted octanol–water partition coefficient (Wildman–Crippen LogP) is 3.87. The molecule has 8 nitrogen and oxygen atoms in total. The van der Waals surface area contributed by atoms with Crippen LogP contribution in [0.25, 0.3) is 11.4 Å². The van der Waals surface area contributed by atoms with Gasteiger partial charge >= 0.3 is 0 Å². The van der Waals surface area contributed by atoms with Gasteiger partial charge in [-0.15, -0.1) is 0 Å². The van der Waals surface area contributed by atoms with Crippen LogP contribution in [0.1, 0.15) is 50.5 Å². The van der Waals surface area contributed by atoms with E-state index in [0.29, 0.717) is 11.6 Å². The third-order valence-electron chi connectivity index (χ3n) is 5.16. The van der Waals surface area contributed by atoms with Crippen molar-refractivity contribution in [2.75, 3.05) is 5.32 Å². The molecule has 0 saturated heterocycles. The van der Waals surface area contributed by atoms with E-state index < -0.39 is 10.0 Å². The molecule has 1 saturated carbocycles. The smallest absolute Gasteiger partial charge is 0.240 e. The molecule has 0 atom stereocenters. The van der Waals surface area contributed by atoms with E-state index in [1.54, 1.807) is 30.5 Å². The Kier molecular flexibility index (Phi) is 5.57. The number of nitrogens with one attached hydrogen (secondary N) is 3. The topological polar surface area (TPSA) is 113 Å². The highest BCUT2D eigenvalue weighted by molar-refractivity contribution is 7.89. The van der Waals surface area contributed by atoms with Crippen LogP contribution >= 0.6 is 0 Å². The van der Waals surface area contributed by atoms with Crippen LogP contribution in [0.15, 0.2) is 41.4 Å². The summed E-state index contributed by atoms with van der Waals surface area (Å²) < 4.78 is 27.6. The zero-order chi connectivity index (χ0) is 21.3. The Morgan fingerprint density at radius 2 is 1.83 bits per heavy atom. The second-order valence-electron chi connectivity index (χ2n) is 7.90. The summed E-state index contributed by atoms with van der Waals surface area (Å²) in [6.07, 6.45) is 4.57. The van der Waals surface area contributed by atoms with E-state index in [-0.39, 0.29) is 16.9 Å². The monoisotopic (exact) mass is 426 g/mol. The van der Waals surface area contributed by atoms with Gasteiger partial charge in [-0.05, 0) is 56.0 Å². The molecular weight excluding hydrogens is 400 g/mol. The maximum Gasteiger partial charge on any atom is 0.240 e. The first-order chi connectivity index (χ1) is 14.3. The lowest BCUT2D eigenvalue weighted by Crippen LogP contribution is -2.39. The maximum absolute atomic E-state index is 12.4. The molecule has 2 heterocycles. The standard InChI is InChI=1S/C21H26N6O2S/c1-13(2)19-20(24-14(3)23-19)18-11-12-22-21(26-18)25-15-7-9-17(10-8-15)30(28,29)27-16-5-4-6-16/h7-13,16,27H,4-6H2,1-3H3,(H,23,24)(H,22,25,26). The number of anilines is 2. The Balaban J connectivity index is 1.52. The average Bonchev–Trinajstić information content (AvgIpc) is 3.08. The summed E-state index contributed by atoms with van der Waals surface area (Å²) in [7, 11) is -3.48. The van der Waals surface area contributed by atoms with Crippen LogP contribution < -0.4 is 10.0 Å². The SMILES string of the molecule is Cc1nc(C(C)C)c(-c2ccnc(Nc3ccc(S(=O)(=O)NC4CCC4)cc3)n2)[nH]1. The number of hydrogen-bond donors (Lipinski definition) is 3. The van der Waals surface area contributed by atoms with Gasteiger partial charge in [0.25, 0.3) is 0 Å². The van der Waals surface area contributed by atoms with E-state index in [0.717, 1.165) is 42.2 Å². The fraction of sp³-hybridized carbons (Fsp3) is 0.381. The summed E-state index contributed by atoms with van der Waals surface area (Å²) in [6.45, 7) is 6.11. The number of sulfonamides is 1. The summed E-state index contributed by atoms with van der Waals surface area (Å²) in [5, 5.41) is 3.14. The number of aromatic nitrogens is 4. The van der Waals surface area contributed by atoms with Crippen LogP contribution in [0.3, 0.4) is 0 Å². The van der Waals surface area contributed by atoms with Gasteiger partial charge in [0.1, 0.15) is 5.82 Å². The lowest BCUT2D eigenvalue weighted by atomic mass is 9.94. The molecule has 0 aliphatic heterocycles. The van der Waals surface area contributed by atoms with Gasteiger partial charge in [-0.1, -0.05) is 20.3 Å². The number of aryl methyl sites for hydroxylation is 1. The molecule has 158 valence electrons. The zero-order valence-corrected chi connectivity index (χ0v) is 18.1. The number of H-pyrrole nitrogens is 1. The average molecular weight is 427 g/mol.